The van der Waals surface area contributed by atoms with E-state index < -0.39 is 0 Å². The highest BCUT2D eigenvalue weighted by atomic mass is 19.1. The average Bonchev–Trinajstić information content (AvgIpc) is 2.40. The molecule has 1 saturated heterocycles. The molecule has 0 saturated carbocycles. The molecular weight excluding hydrogens is 243 g/mol. The van der Waals surface area contributed by atoms with E-state index >= 15 is 0 Å². The van der Waals surface area contributed by atoms with Gasteiger partial charge in [-0.1, -0.05) is 12.1 Å². The van der Waals surface area contributed by atoms with Gasteiger partial charge in [-0.25, -0.2) is 4.39 Å². The van der Waals surface area contributed by atoms with Gasteiger partial charge in [-0.05, 0) is 57.6 Å². The second-order valence-corrected chi connectivity index (χ2v) is 5.36. The van der Waals surface area contributed by atoms with Gasteiger partial charge in [0.2, 0.25) is 5.91 Å². The topological polar surface area (TPSA) is 32.3 Å². The van der Waals surface area contributed by atoms with Crippen LogP contribution < -0.4 is 5.32 Å². The van der Waals surface area contributed by atoms with Gasteiger partial charge in [0, 0.05) is 5.92 Å². The Labute approximate surface area is 113 Å². The molecule has 1 aliphatic heterocycles. The molecule has 4 heteroatoms. The zero-order valence-corrected chi connectivity index (χ0v) is 11.5. The van der Waals surface area contributed by atoms with Crippen molar-refractivity contribution in [3.05, 3.63) is 35.6 Å². The summed E-state index contributed by atoms with van der Waals surface area (Å²) in [7, 11) is 2.08. The van der Waals surface area contributed by atoms with Crippen LogP contribution in [0.3, 0.4) is 0 Å². The van der Waals surface area contributed by atoms with Crippen LogP contribution in [0.1, 0.15) is 31.4 Å². The summed E-state index contributed by atoms with van der Waals surface area (Å²) in [6.07, 6.45) is 1.83. The quantitative estimate of drug-likeness (QED) is 0.909. The van der Waals surface area contributed by atoms with Gasteiger partial charge >= 0.3 is 0 Å². The standard InChI is InChI=1S/C15H21FN2O/c1-11(12-3-5-14(16)6-4-12)17-15(19)13-7-9-18(2)10-8-13/h3-6,11,13H,7-10H2,1-2H3,(H,17,19). The van der Waals surface area contributed by atoms with E-state index in [0.717, 1.165) is 31.5 Å². The van der Waals surface area contributed by atoms with Crippen molar-refractivity contribution in [2.24, 2.45) is 5.92 Å². The molecule has 0 aliphatic carbocycles. The molecule has 1 aliphatic rings. The van der Waals surface area contributed by atoms with Gasteiger partial charge in [-0.3, -0.25) is 4.79 Å². The number of piperidine rings is 1. The van der Waals surface area contributed by atoms with Crippen LogP contribution in [0, 0.1) is 11.7 Å². The van der Waals surface area contributed by atoms with E-state index in [-0.39, 0.29) is 23.7 Å². The van der Waals surface area contributed by atoms with E-state index in [2.05, 4.69) is 17.3 Å². The number of hydrogen-bond acceptors (Lipinski definition) is 2. The van der Waals surface area contributed by atoms with Crippen LogP contribution in [0.25, 0.3) is 0 Å². The van der Waals surface area contributed by atoms with Crippen molar-refractivity contribution in [3.8, 4) is 0 Å². The van der Waals surface area contributed by atoms with Crippen molar-refractivity contribution in [1.29, 1.82) is 0 Å². The first-order valence-electron chi connectivity index (χ1n) is 6.80. The smallest absolute Gasteiger partial charge is 0.223 e. The van der Waals surface area contributed by atoms with Gasteiger partial charge in [0.05, 0.1) is 6.04 Å². The van der Waals surface area contributed by atoms with Crippen LogP contribution in [-0.2, 0) is 4.79 Å². The van der Waals surface area contributed by atoms with Crippen molar-refractivity contribution in [2.45, 2.75) is 25.8 Å². The lowest BCUT2D eigenvalue weighted by molar-refractivity contribution is -0.127. The molecule has 104 valence electrons. The van der Waals surface area contributed by atoms with Crippen LogP contribution in [0.5, 0.6) is 0 Å². The Morgan fingerprint density at radius 1 is 1.32 bits per heavy atom. The number of halogens is 1. The third kappa shape index (κ3) is 3.77. The van der Waals surface area contributed by atoms with Crippen molar-refractivity contribution >= 4 is 5.91 Å². The van der Waals surface area contributed by atoms with Gasteiger partial charge < -0.3 is 10.2 Å². The first kappa shape index (κ1) is 14.0. The van der Waals surface area contributed by atoms with E-state index in [1.807, 2.05) is 6.92 Å². The van der Waals surface area contributed by atoms with Gasteiger partial charge in [0.1, 0.15) is 5.82 Å². The molecule has 1 N–H and O–H groups in total. The molecule has 1 aromatic carbocycles. The maximum atomic E-state index is 12.8. The zero-order valence-electron chi connectivity index (χ0n) is 11.5. The third-order valence-corrected chi connectivity index (χ3v) is 3.82. The van der Waals surface area contributed by atoms with Gasteiger partial charge in [-0.2, -0.15) is 0 Å². The summed E-state index contributed by atoms with van der Waals surface area (Å²) in [5.41, 5.74) is 0.933. The summed E-state index contributed by atoms with van der Waals surface area (Å²) in [6.45, 7) is 3.88. The van der Waals surface area contributed by atoms with Crippen molar-refractivity contribution in [1.82, 2.24) is 10.2 Å². The molecule has 3 nitrogen and oxygen atoms in total. The van der Waals surface area contributed by atoms with Crippen molar-refractivity contribution < 1.29 is 9.18 Å². The number of hydrogen-bond donors (Lipinski definition) is 1. The molecule has 0 aromatic heterocycles. The number of nitrogens with one attached hydrogen (secondary N) is 1. The molecule has 1 fully saturated rings. The fourth-order valence-corrected chi connectivity index (χ4v) is 2.44. The van der Waals surface area contributed by atoms with E-state index in [0.29, 0.717) is 0 Å². The van der Waals surface area contributed by atoms with Gasteiger partial charge in [-0.15, -0.1) is 0 Å². The molecule has 1 amide bonds. The minimum Gasteiger partial charge on any atom is -0.349 e. The highest BCUT2D eigenvalue weighted by Crippen LogP contribution is 2.19. The second-order valence-electron chi connectivity index (χ2n) is 5.36. The molecule has 0 bridgehead atoms. The number of likely N-dealkylation sites (tertiary alicyclic amines) is 1. The molecule has 0 radical (unpaired) electrons. The SMILES string of the molecule is CC(NC(=O)C1CCN(C)CC1)c1ccc(F)cc1. The summed E-state index contributed by atoms with van der Waals surface area (Å²) >= 11 is 0. The predicted molar refractivity (Wildman–Crippen MR) is 73.2 cm³/mol. The fourth-order valence-electron chi connectivity index (χ4n) is 2.44. The van der Waals surface area contributed by atoms with Crippen LogP contribution in [0.2, 0.25) is 0 Å². The highest BCUT2D eigenvalue weighted by molar-refractivity contribution is 5.79. The lowest BCUT2D eigenvalue weighted by Gasteiger charge is -2.29. The average molecular weight is 264 g/mol. The monoisotopic (exact) mass is 264 g/mol. The van der Waals surface area contributed by atoms with Gasteiger partial charge in [0.15, 0.2) is 0 Å². The van der Waals surface area contributed by atoms with Crippen molar-refractivity contribution in [3.63, 3.8) is 0 Å². The molecule has 0 spiro atoms. The fraction of sp³-hybridized carbons (Fsp3) is 0.533. The van der Waals surface area contributed by atoms with Gasteiger partial charge in [0.25, 0.3) is 0 Å². The summed E-state index contributed by atoms with van der Waals surface area (Å²) in [5.74, 6) is -0.0263. The van der Waals surface area contributed by atoms with Crippen LogP contribution >= 0.6 is 0 Å². The Bertz CT molecular complexity index is 424. The lowest BCUT2D eigenvalue weighted by Crippen LogP contribution is -2.39. The number of benzene rings is 1. The normalized spacial score (nSPS) is 19.1. The second kappa shape index (κ2) is 6.15. The van der Waals surface area contributed by atoms with Crippen LogP contribution in [0.4, 0.5) is 4.39 Å². The maximum Gasteiger partial charge on any atom is 0.223 e. The molecule has 1 atom stereocenters. The number of carbonyl (C=O) groups excluding carboxylic acids is 1. The lowest BCUT2D eigenvalue weighted by atomic mass is 9.95. The van der Waals surface area contributed by atoms with E-state index in [1.165, 1.54) is 12.1 Å². The maximum absolute atomic E-state index is 12.8. The molecular formula is C15H21FN2O. The van der Waals surface area contributed by atoms with Crippen LogP contribution in [-0.4, -0.2) is 30.9 Å². The minimum absolute atomic E-state index is 0.0762. The van der Waals surface area contributed by atoms with E-state index in [9.17, 15) is 9.18 Å². The Morgan fingerprint density at radius 2 is 1.89 bits per heavy atom. The number of nitrogens with zero attached hydrogens (tertiary/aromatic N) is 1. The van der Waals surface area contributed by atoms with Crippen LogP contribution in [0.15, 0.2) is 24.3 Å². The van der Waals surface area contributed by atoms with E-state index in [1.54, 1.807) is 12.1 Å². The molecule has 1 unspecified atom stereocenters. The summed E-state index contributed by atoms with van der Waals surface area (Å²) in [6, 6.07) is 6.21. The minimum atomic E-state index is -0.252. The first-order chi connectivity index (χ1) is 9.06. The Morgan fingerprint density at radius 3 is 2.47 bits per heavy atom. The predicted octanol–water partition coefficient (Wildman–Crippen LogP) is 2.34. The highest BCUT2D eigenvalue weighted by Gasteiger charge is 2.24. The summed E-state index contributed by atoms with van der Waals surface area (Å²) in [5, 5.41) is 3.02. The summed E-state index contributed by atoms with van der Waals surface area (Å²) < 4.78 is 12.8. The first-order valence-corrected chi connectivity index (χ1v) is 6.80. The molecule has 2 rings (SSSR count). The van der Waals surface area contributed by atoms with E-state index in [4.69, 9.17) is 0 Å². The number of rotatable bonds is 3. The molecule has 1 heterocycles. The van der Waals surface area contributed by atoms with Crippen molar-refractivity contribution in [2.75, 3.05) is 20.1 Å². The number of carbonyl (C=O) groups is 1. The number of amides is 1. The third-order valence-electron chi connectivity index (χ3n) is 3.82. The molecule has 1 aromatic rings. The largest absolute Gasteiger partial charge is 0.349 e. The Hall–Kier alpha value is -1.42. The molecule has 19 heavy (non-hydrogen) atoms. The Balaban J connectivity index is 1.89. The summed E-state index contributed by atoms with van der Waals surface area (Å²) in [4.78, 5) is 14.4. The zero-order chi connectivity index (χ0) is 13.8. The Kier molecular flexibility index (Phi) is 4.53.